The van der Waals surface area contributed by atoms with E-state index in [4.69, 9.17) is 0 Å². The lowest BCUT2D eigenvalue weighted by atomic mass is 10.1. The first-order valence-corrected chi connectivity index (χ1v) is 7.38. The van der Waals surface area contributed by atoms with Crippen molar-refractivity contribution in [2.45, 2.75) is 46.6 Å². The highest BCUT2D eigenvalue weighted by molar-refractivity contribution is 7.18. The molecule has 2 rings (SSSR count). The molecular weight excluding hydrogens is 242 g/mol. The van der Waals surface area contributed by atoms with Gasteiger partial charge in [0.05, 0.1) is 5.69 Å². The Bertz CT molecular complexity index is 533. The van der Waals surface area contributed by atoms with Gasteiger partial charge < -0.3 is 5.32 Å². The summed E-state index contributed by atoms with van der Waals surface area (Å²) in [6.07, 6.45) is 3.83. The van der Waals surface area contributed by atoms with Crippen LogP contribution in [0.4, 0.5) is 0 Å². The van der Waals surface area contributed by atoms with Crippen LogP contribution in [0.1, 0.15) is 36.4 Å². The number of hydrogen-bond donors (Lipinski definition) is 1. The minimum atomic E-state index is 0.461. The van der Waals surface area contributed by atoms with Crippen molar-refractivity contribution in [1.82, 2.24) is 15.3 Å². The minimum Gasteiger partial charge on any atom is -0.314 e. The average Bonchev–Trinajstić information content (AvgIpc) is 2.64. The van der Waals surface area contributed by atoms with Crippen molar-refractivity contribution in [1.29, 1.82) is 0 Å². The molecule has 1 unspecified atom stereocenters. The molecule has 0 fully saturated rings. The maximum absolute atomic E-state index is 4.48. The number of nitrogens with one attached hydrogen (secondary N) is 1. The Labute approximate surface area is 113 Å². The van der Waals surface area contributed by atoms with Crippen molar-refractivity contribution in [3.05, 3.63) is 22.5 Å². The Kier molecular flexibility index (Phi) is 4.30. The van der Waals surface area contributed by atoms with Crippen LogP contribution in [-0.2, 0) is 6.42 Å². The Hall–Kier alpha value is -1.00. The molecule has 18 heavy (non-hydrogen) atoms. The monoisotopic (exact) mass is 263 g/mol. The number of nitrogens with zero attached hydrogens (tertiary/aromatic N) is 2. The molecule has 2 aromatic heterocycles. The third-order valence-corrected chi connectivity index (χ3v) is 4.40. The third-order valence-electron chi connectivity index (χ3n) is 3.29. The molecule has 0 aliphatic rings. The lowest BCUT2D eigenvalue weighted by molar-refractivity contribution is 0.540. The Balaban J connectivity index is 2.27. The Morgan fingerprint density at radius 1 is 1.33 bits per heavy atom. The second-order valence-electron chi connectivity index (χ2n) is 4.84. The molecule has 1 N–H and O–H groups in total. The van der Waals surface area contributed by atoms with Crippen LogP contribution < -0.4 is 5.32 Å². The molecule has 0 aliphatic heterocycles. The van der Waals surface area contributed by atoms with Crippen LogP contribution in [0.15, 0.2) is 6.33 Å². The fraction of sp³-hybridized carbons (Fsp3) is 0.571. The van der Waals surface area contributed by atoms with Gasteiger partial charge in [-0.2, -0.15) is 0 Å². The van der Waals surface area contributed by atoms with Gasteiger partial charge >= 0.3 is 0 Å². The summed E-state index contributed by atoms with van der Waals surface area (Å²) in [5.74, 6) is 0. The second kappa shape index (κ2) is 5.76. The topological polar surface area (TPSA) is 37.8 Å². The van der Waals surface area contributed by atoms with E-state index < -0.39 is 0 Å². The Morgan fingerprint density at radius 3 is 2.83 bits per heavy atom. The molecule has 0 aliphatic carbocycles. The first-order chi connectivity index (χ1) is 8.63. The maximum Gasteiger partial charge on any atom is 0.127 e. The van der Waals surface area contributed by atoms with E-state index in [-0.39, 0.29) is 0 Å². The summed E-state index contributed by atoms with van der Waals surface area (Å²) in [5.41, 5.74) is 2.52. The first kappa shape index (κ1) is 13.4. The van der Waals surface area contributed by atoms with Crippen molar-refractivity contribution in [3.8, 4) is 0 Å². The van der Waals surface area contributed by atoms with Gasteiger partial charge in [0.15, 0.2) is 0 Å². The van der Waals surface area contributed by atoms with Crippen LogP contribution in [0.2, 0.25) is 0 Å². The lowest BCUT2D eigenvalue weighted by Crippen LogP contribution is -2.29. The maximum atomic E-state index is 4.48. The summed E-state index contributed by atoms with van der Waals surface area (Å²) in [7, 11) is 0. The highest BCUT2D eigenvalue weighted by Gasteiger charge is 2.13. The Morgan fingerprint density at radius 2 is 2.11 bits per heavy atom. The molecule has 0 radical (unpaired) electrons. The smallest absolute Gasteiger partial charge is 0.127 e. The largest absolute Gasteiger partial charge is 0.314 e. The number of aromatic nitrogens is 2. The van der Waals surface area contributed by atoms with Gasteiger partial charge in [0.25, 0.3) is 0 Å². The van der Waals surface area contributed by atoms with Crippen molar-refractivity contribution in [2.75, 3.05) is 6.54 Å². The molecule has 3 nitrogen and oxygen atoms in total. The van der Waals surface area contributed by atoms with E-state index in [1.54, 1.807) is 17.7 Å². The van der Waals surface area contributed by atoms with Crippen molar-refractivity contribution in [3.63, 3.8) is 0 Å². The summed E-state index contributed by atoms with van der Waals surface area (Å²) in [6, 6.07) is 0.461. The van der Waals surface area contributed by atoms with Gasteiger partial charge in [0, 0.05) is 22.7 Å². The SMILES string of the molecule is CCCNC(C)Cc1ncnc2sc(C)c(C)c12. The van der Waals surface area contributed by atoms with E-state index in [0.717, 1.165) is 17.8 Å². The predicted octanol–water partition coefficient (Wildman–Crippen LogP) is 3.24. The summed E-state index contributed by atoms with van der Waals surface area (Å²) >= 11 is 1.77. The zero-order valence-electron chi connectivity index (χ0n) is 11.6. The van der Waals surface area contributed by atoms with Crippen LogP contribution in [0, 0.1) is 13.8 Å². The molecule has 0 spiro atoms. The summed E-state index contributed by atoms with van der Waals surface area (Å²) in [4.78, 5) is 11.3. The van der Waals surface area contributed by atoms with E-state index in [9.17, 15) is 0 Å². The van der Waals surface area contributed by atoms with Gasteiger partial charge in [-0.1, -0.05) is 6.92 Å². The predicted molar refractivity (Wildman–Crippen MR) is 78.3 cm³/mol. The molecule has 0 amide bonds. The zero-order chi connectivity index (χ0) is 13.1. The number of fused-ring (bicyclic) bond motifs is 1. The van der Waals surface area contributed by atoms with Crippen molar-refractivity contribution in [2.24, 2.45) is 0 Å². The summed E-state index contributed by atoms with van der Waals surface area (Å²) < 4.78 is 0. The molecule has 0 aromatic carbocycles. The number of rotatable bonds is 5. The van der Waals surface area contributed by atoms with E-state index in [1.807, 2.05) is 0 Å². The molecule has 98 valence electrons. The number of hydrogen-bond acceptors (Lipinski definition) is 4. The van der Waals surface area contributed by atoms with Crippen LogP contribution in [0.25, 0.3) is 10.2 Å². The average molecular weight is 263 g/mol. The zero-order valence-corrected chi connectivity index (χ0v) is 12.4. The van der Waals surface area contributed by atoms with E-state index in [0.29, 0.717) is 6.04 Å². The van der Waals surface area contributed by atoms with E-state index in [2.05, 4.69) is 43.0 Å². The van der Waals surface area contributed by atoms with Crippen LogP contribution in [0.5, 0.6) is 0 Å². The lowest BCUT2D eigenvalue weighted by Gasteiger charge is -2.13. The third kappa shape index (κ3) is 2.70. The van der Waals surface area contributed by atoms with Gasteiger partial charge in [0.2, 0.25) is 0 Å². The molecule has 0 bridgehead atoms. The van der Waals surface area contributed by atoms with Gasteiger partial charge in [-0.05, 0) is 39.3 Å². The molecule has 2 aromatic rings. The van der Waals surface area contributed by atoms with Gasteiger partial charge in [-0.3, -0.25) is 0 Å². The molecule has 0 saturated heterocycles. The van der Waals surface area contributed by atoms with Crippen molar-refractivity contribution < 1.29 is 0 Å². The normalized spacial score (nSPS) is 13.1. The number of aryl methyl sites for hydroxylation is 2. The molecular formula is C14H21N3S. The van der Waals surface area contributed by atoms with Crippen molar-refractivity contribution >= 4 is 21.6 Å². The molecule has 2 heterocycles. The van der Waals surface area contributed by atoms with Crippen LogP contribution in [-0.4, -0.2) is 22.6 Å². The standard InChI is InChI=1S/C14H21N3S/c1-5-6-15-9(2)7-12-13-10(3)11(4)18-14(13)17-8-16-12/h8-9,15H,5-7H2,1-4H3. The quantitative estimate of drug-likeness (QED) is 0.900. The molecule has 0 saturated carbocycles. The summed E-state index contributed by atoms with van der Waals surface area (Å²) in [5, 5.41) is 4.78. The fourth-order valence-electron chi connectivity index (χ4n) is 2.16. The van der Waals surface area contributed by atoms with E-state index in [1.165, 1.54) is 27.9 Å². The first-order valence-electron chi connectivity index (χ1n) is 6.56. The fourth-order valence-corrected chi connectivity index (χ4v) is 3.18. The second-order valence-corrected chi connectivity index (χ2v) is 6.05. The number of thiophene rings is 1. The summed E-state index contributed by atoms with van der Waals surface area (Å²) in [6.45, 7) is 9.81. The van der Waals surface area contributed by atoms with E-state index >= 15 is 0 Å². The van der Waals surface area contributed by atoms with Gasteiger partial charge in [0.1, 0.15) is 11.2 Å². The minimum absolute atomic E-state index is 0.461. The highest BCUT2D eigenvalue weighted by Crippen LogP contribution is 2.30. The van der Waals surface area contributed by atoms with Crippen LogP contribution >= 0.6 is 11.3 Å². The highest BCUT2D eigenvalue weighted by atomic mass is 32.1. The van der Waals surface area contributed by atoms with Gasteiger partial charge in [-0.15, -0.1) is 11.3 Å². The molecule has 4 heteroatoms. The van der Waals surface area contributed by atoms with Crippen LogP contribution in [0.3, 0.4) is 0 Å². The van der Waals surface area contributed by atoms with Gasteiger partial charge in [-0.25, -0.2) is 9.97 Å². The molecule has 1 atom stereocenters.